The van der Waals surface area contributed by atoms with Crippen LogP contribution in [0.1, 0.15) is 32.3 Å². The summed E-state index contributed by atoms with van der Waals surface area (Å²) in [5.41, 5.74) is 2.18. The monoisotopic (exact) mass is 243 g/mol. The number of carbonyl (C=O) groups is 2. The number of carbonyl (C=O) groups excluding carboxylic acids is 2. The summed E-state index contributed by atoms with van der Waals surface area (Å²) in [7, 11) is 0. The summed E-state index contributed by atoms with van der Waals surface area (Å²) in [6.07, 6.45) is 3.64. The van der Waals surface area contributed by atoms with Crippen molar-refractivity contribution in [3.05, 3.63) is 41.5 Å². The van der Waals surface area contributed by atoms with E-state index in [1.165, 1.54) is 0 Å². The molecule has 0 fully saturated rings. The molecule has 3 heteroatoms. The first-order chi connectivity index (χ1) is 8.60. The third-order valence-corrected chi connectivity index (χ3v) is 3.42. The van der Waals surface area contributed by atoms with E-state index in [0.717, 1.165) is 23.1 Å². The summed E-state index contributed by atoms with van der Waals surface area (Å²) in [6, 6.07) is 7.59. The van der Waals surface area contributed by atoms with Crippen LogP contribution in [0.15, 0.2) is 35.9 Å². The predicted molar refractivity (Wildman–Crippen MR) is 71.5 cm³/mol. The van der Waals surface area contributed by atoms with Gasteiger partial charge in [-0.2, -0.15) is 0 Å². The van der Waals surface area contributed by atoms with Gasteiger partial charge in [0.15, 0.2) is 0 Å². The molecule has 0 saturated carbocycles. The minimum atomic E-state index is -0.727. The second-order valence-electron chi connectivity index (χ2n) is 4.94. The molecule has 3 nitrogen and oxygen atoms in total. The third-order valence-electron chi connectivity index (χ3n) is 3.42. The second kappa shape index (κ2) is 4.77. The standard InChI is InChI=1S/C15H17NO2/c1-11(2)7-8-15(9-10-17)12-5-3-4-6-13(12)16-14(15)18/h3-7,10H,8-9H2,1-2H3,(H,16,18). The maximum atomic E-state index is 12.3. The van der Waals surface area contributed by atoms with Crippen molar-refractivity contribution in [3.8, 4) is 0 Å². The Kier molecular flexibility index (Phi) is 3.32. The van der Waals surface area contributed by atoms with E-state index in [1.807, 2.05) is 44.2 Å². The van der Waals surface area contributed by atoms with Gasteiger partial charge in [-0.05, 0) is 31.9 Å². The molecule has 2 rings (SSSR count). The fourth-order valence-corrected chi connectivity index (χ4v) is 2.38. The molecule has 1 aliphatic rings. The van der Waals surface area contributed by atoms with Crippen molar-refractivity contribution >= 4 is 17.9 Å². The Bertz CT molecular complexity index is 515. The van der Waals surface area contributed by atoms with Crippen molar-refractivity contribution in [2.75, 3.05) is 5.32 Å². The number of hydrogen-bond donors (Lipinski definition) is 1. The van der Waals surface area contributed by atoms with Gasteiger partial charge in [0, 0.05) is 12.1 Å². The van der Waals surface area contributed by atoms with Gasteiger partial charge in [-0.1, -0.05) is 29.8 Å². The summed E-state index contributed by atoms with van der Waals surface area (Å²) >= 11 is 0. The van der Waals surface area contributed by atoms with E-state index in [-0.39, 0.29) is 12.3 Å². The molecule has 0 aliphatic carbocycles. The molecular formula is C15H17NO2. The van der Waals surface area contributed by atoms with E-state index in [2.05, 4.69) is 5.32 Å². The van der Waals surface area contributed by atoms with Crippen LogP contribution in [0, 0.1) is 0 Å². The summed E-state index contributed by atoms with van der Waals surface area (Å²) in [5, 5.41) is 2.87. The number of para-hydroxylation sites is 1. The van der Waals surface area contributed by atoms with Crippen molar-refractivity contribution in [2.24, 2.45) is 0 Å². The summed E-state index contributed by atoms with van der Waals surface area (Å²) in [5.74, 6) is -0.0756. The topological polar surface area (TPSA) is 46.2 Å². The minimum absolute atomic E-state index is 0.0756. The fourth-order valence-electron chi connectivity index (χ4n) is 2.38. The highest BCUT2D eigenvalue weighted by atomic mass is 16.2. The Morgan fingerprint density at radius 1 is 1.28 bits per heavy atom. The highest BCUT2D eigenvalue weighted by Gasteiger charge is 2.45. The van der Waals surface area contributed by atoms with Crippen LogP contribution >= 0.6 is 0 Å². The van der Waals surface area contributed by atoms with Gasteiger partial charge in [-0.15, -0.1) is 0 Å². The molecule has 1 heterocycles. The van der Waals surface area contributed by atoms with Gasteiger partial charge in [-0.25, -0.2) is 0 Å². The zero-order chi connectivity index (χ0) is 13.2. The Hall–Kier alpha value is -1.90. The molecule has 1 atom stereocenters. The van der Waals surface area contributed by atoms with Gasteiger partial charge < -0.3 is 10.1 Å². The van der Waals surface area contributed by atoms with E-state index < -0.39 is 5.41 Å². The zero-order valence-corrected chi connectivity index (χ0v) is 10.7. The number of fused-ring (bicyclic) bond motifs is 1. The molecule has 94 valence electrons. The highest BCUT2D eigenvalue weighted by molar-refractivity contribution is 6.07. The van der Waals surface area contributed by atoms with Crippen LogP contribution in [-0.4, -0.2) is 12.2 Å². The van der Waals surface area contributed by atoms with Crippen molar-refractivity contribution in [1.82, 2.24) is 0 Å². The molecule has 1 aliphatic heterocycles. The zero-order valence-electron chi connectivity index (χ0n) is 10.7. The highest BCUT2D eigenvalue weighted by Crippen LogP contribution is 2.42. The van der Waals surface area contributed by atoms with E-state index in [1.54, 1.807) is 0 Å². The predicted octanol–water partition coefficient (Wildman–Crippen LogP) is 2.82. The van der Waals surface area contributed by atoms with Crippen LogP contribution < -0.4 is 5.32 Å². The van der Waals surface area contributed by atoms with Crippen molar-refractivity contribution in [2.45, 2.75) is 32.1 Å². The largest absolute Gasteiger partial charge is 0.325 e. The molecule has 1 aromatic carbocycles. The molecule has 18 heavy (non-hydrogen) atoms. The van der Waals surface area contributed by atoms with Crippen molar-refractivity contribution in [3.63, 3.8) is 0 Å². The molecule has 0 spiro atoms. The fraction of sp³-hybridized carbons (Fsp3) is 0.333. The number of benzene rings is 1. The van der Waals surface area contributed by atoms with Crippen LogP contribution in [-0.2, 0) is 15.0 Å². The summed E-state index contributed by atoms with van der Waals surface area (Å²) in [4.78, 5) is 23.2. The number of anilines is 1. The van der Waals surface area contributed by atoms with E-state index in [4.69, 9.17) is 0 Å². The average Bonchev–Trinajstić information content (AvgIpc) is 2.61. The normalized spacial score (nSPS) is 21.1. The van der Waals surface area contributed by atoms with Crippen LogP contribution in [0.5, 0.6) is 0 Å². The number of nitrogens with one attached hydrogen (secondary N) is 1. The second-order valence-corrected chi connectivity index (χ2v) is 4.94. The molecule has 0 aromatic heterocycles. The SMILES string of the molecule is CC(C)=CCC1(CC=O)C(=O)Nc2ccccc21. The first kappa shape index (κ1) is 12.6. The molecule has 0 radical (unpaired) electrons. The third kappa shape index (κ3) is 1.96. The lowest BCUT2D eigenvalue weighted by Crippen LogP contribution is -2.34. The molecular weight excluding hydrogens is 226 g/mol. The van der Waals surface area contributed by atoms with Gasteiger partial charge in [0.05, 0.1) is 5.41 Å². The Morgan fingerprint density at radius 2 is 2.00 bits per heavy atom. The molecule has 1 unspecified atom stereocenters. The van der Waals surface area contributed by atoms with Gasteiger partial charge in [0.25, 0.3) is 0 Å². The smallest absolute Gasteiger partial charge is 0.235 e. The lowest BCUT2D eigenvalue weighted by Gasteiger charge is -2.23. The Morgan fingerprint density at radius 3 is 2.67 bits per heavy atom. The lowest BCUT2D eigenvalue weighted by molar-refractivity contribution is -0.123. The Labute approximate surface area is 107 Å². The quantitative estimate of drug-likeness (QED) is 0.653. The van der Waals surface area contributed by atoms with Gasteiger partial charge in [-0.3, -0.25) is 4.79 Å². The van der Waals surface area contributed by atoms with Crippen molar-refractivity contribution < 1.29 is 9.59 Å². The van der Waals surface area contributed by atoms with Gasteiger partial charge >= 0.3 is 0 Å². The number of amides is 1. The molecule has 0 saturated heterocycles. The maximum absolute atomic E-state index is 12.3. The van der Waals surface area contributed by atoms with Crippen LogP contribution in [0.25, 0.3) is 0 Å². The van der Waals surface area contributed by atoms with Gasteiger partial charge in [0.2, 0.25) is 5.91 Å². The van der Waals surface area contributed by atoms with Crippen molar-refractivity contribution in [1.29, 1.82) is 0 Å². The number of hydrogen-bond acceptors (Lipinski definition) is 2. The van der Waals surface area contributed by atoms with Crippen LogP contribution in [0.3, 0.4) is 0 Å². The average molecular weight is 243 g/mol. The van der Waals surface area contributed by atoms with Crippen LogP contribution in [0.2, 0.25) is 0 Å². The van der Waals surface area contributed by atoms with E-state index in [9.17, 15) is 9.59 Å². The molecule has 1 N–H and O–H groups in total. The van der Waals surface area contributed by atoms with Gasteiger partial charge in [0.1, 0.15) is 6.29 Å². The van der Waals surface area contributed by atoms with E-state index >= 15 is 0 Å². The number of rotatable bonds is 4. The summed E-state index contributed by atoms with van der Waals surface area (Å²) in [6.45, 7) is 3.99. The maximum Gasteiger partial charge on any atom is 0.235 e. The molecule has 1 aromatic rings. The van der Waals surface area contributed by atoms with Crippen LogP contribution in [0.4, 0.5) is 5.69 Å². The Balaban J connectivity index is 2.49. The van der Waals surface area contributed by atoms with E-state index in [0.29, 0.717) is 6.42 Å². The first-order valence-corrected chi connectivity index (χ1v) is 6.08. The minimum Gasteiger partial charge on any atom is -0.325 e. The summed E-state index contributed by atoms with van der Waals surface area (Å²) < 4.78 is 0. The number of aldehydes is 1. The lowest BCUT2D eigenvalue weighted by atomic mass is 9.76. The molecule has 1 amide bonds. The first-order valence-electron chi connectivity index (χ1n) is 6.08. The number of allylic oxidation sites excluding steroid dienone is 2. The molecule has 0 bridgehead atoms.